The van der Waals surface area contributed by atoms with Gasteiger partial charge in [-0.15, -0.1) is 25.0 Å². The Morgan fingerprint density at radius 3 is 2.63 bits per heavy atom. The zero-order valence-electron chi connectivity index (χ0n) is 20.5. The molecule has 0 bridgehead atoms. The quantitative estimate of drug-likeness (QED) is 0.218. The van der Waals surface area contributed by atoms with Crippen LogP contribution < -0.4 is 10.6 Å². The number of nitrogens with one attached hydrogen (secondary N) is 2. The number of hydrogen-bond donors (Lipinski definition) is 3. The van der Waals surface area contributed by atoms with E-state index in [4.69, 9.17) is 4.98 Å². The third-order valence-corrected chi connectivity index (χ3v) is 7.87. The van der Waals surface area contributed by atoms with Crippen LogP contribution in [0.1, 0.15) is 18.4 Å². The molecule has 0 aliphatic carbocycles. The number of thiazole rings is 1. The molecule has 1 aliphatic heterocycles. The second-order valence-corrected chi connectivity index (χ2v) is 10.9. The number of anilines is 2. The fourth-order valence-electron chi connectivity index (χ4n) is 4.81. The van der Waals surface area contributed by atoms with Crippen molar-refractivity contribution in [2.24, 2.45) is 0 Å². The van der Waals surface area contributed by atoms with E-state index in [1.54, 1.807) is 6.33 Å². The summed E-state index contributed by atoms with van der Waals surface area (Å²) in [6, 6.07) is 15.2. The number of nitrogens with zero attached hydrogens (tertiary/aromatic N) is 6. The van der Waals surface area contributed by atoms with Crippen LogP contribution in [-0.2, 0) is 6.54 Å². The van der Waals surface area contributed by atoms with Crippen LogP contribution in [0.5, 0.6) is 0 Å². The van der Waals surface area contributed by atoms with E-state index >= 15 is 0 Å². The number of rotatable bonds is 8. The molecule has 1 saturated heterocycles. The molecule has 6 rings (SSSR count). The molecule has 8 nitrogen and oxygen atoms in total. The van der Waals surface area contributed by atoms with Crippen molar-refractivity contribution in [2.45, 2.75) is 29.8 Å². The van der Waals surface area contributed by atoms with Gasteiger partial charge in [0, 0.05) is 32.2 Å². The lowest BCUT2D eigenvalue weighted by atomic mass is 10.1. The molecule has 0 unspecified atom stereocenters. The number of hydrogen-bond acceptors (Lipinski definition) is 9. The van der Waals surface area contributed by atoms with Crippen molar-refractivity contribution in [3.63, 3.8) is 0 Å². The van der Waals surface area contributed by atoms with E-state index in [0.29, 0.717) is 16.9 Å². The Hall–Kier alpha value is -2.99. The fourth-order valence-corrected chi connectivity index (χ4v) is 5.81. The van der Waals surface area contributed by atoms with Crippen LogP contribution in [-0.4, -0.2) is 61.6 Å². The van der Waals surface area contributed by atoms with Crippen LogP contribution in [0.2, 0.25) is 0 Å². The SMILES string of the molecule is Cl.Fc1ccc(Cn2c(NC3CCN(CCNc4ncnc5sc(S)nc45)CC3)nc3ccccc32)cc1. The Morgan fingerprint density at radius 2 is 1.82 bits per heavy atom. The van der Waals surface area contributed by atoms with Gasteiger partial charge in [0.05, 0.1) is 17.6 Å². The van der Waals surface area contributed by atoms with E-state index in [0.717, 1.165) is 77.7 Å². The van der Waals surface area contributed by atoms with Gasteiger partial charge in [-0.2, -0.15) is 0 Å². The zero-order valence-corrected chi connectivity index (χ0v) is 23.1. The number of thiol groups is 1. The summed E-state index contributed by atoms with van der Waals surface area (Å²) in [6.07, 6.45) is 3.63. The second kappa shape index (κ2) is 11.8. The molecule has 0 amide bonds. The van der Waals surface area contributed by atoms with Crippen molar-refractivity contribution in [3.05, 3.63) is 66.2 Å². The van der Waals surface area contributed by atoms with Crippen LogP contribution in [0, 0.1) is 5.82 Å². The third kappa shape index (κ3) is 5.85. The molecule has 198 valence electrons. The minimum Gasteiger partial charge on any atom is -0.367 e. The first-order valence-electron chi connectivity index (χ1n) is 12.4. The number of piperidine rings is 1. The molecule has 12 heteroatoms. The fraction of sp³-hybridized carbons (Fsp3) is 0.308. The summed E-state index contributed by atoms with van der Waals surface area (Å²) in [4.78, 5) is 21.2. The number of benzene rings is 2. The Kier molecular flexibility index (Phi) is 8.27. The number of likely N-dealkylation sites (tertiary alicyclic amines) is 1. The predicted molar refractivity (Wildman–Crippen MR) is 157 cm³/mol. The Morgan fingerprint density at radius 1 is 1.03 bits per heavy atom. The Balaban J connectivity index is 0.00000294. The van der Waals surface area contributed by atoms with Crippen LogP contribution in [0.15, 0.2) is 59.2 Å². The maximum absolute atomic E-state index is 13.4. The molecule has 38 heavy (non-hydrogen) atoms. The van der Waals surface area contributed by atoms with Crippen LogP contribution >= 0.6 is 36.4 Å². The lowest BCUT2D eigenvalue weighted by Crippen LogP contribution is -2.41. The van der Waals surface area contributed by atoms with Crippen LogP contribution in [0.25, 0.3) is 21.4 Å². The van der Waals surface area contributed by atoms with Crippen molar-refractivity contribution < 1.29 is 4.39 Å². The van der Waals surface area contributed by atoms with Gasteiger partial charge in [-0.3, -0.25) is 0 Å². The summed E-state index contributed by atoms with van der Waals surface area (Å²) in [6.45, 7) is 4.37. The maximum atomic E-state index is 13.4. The molecule has 0 saturated carbocycles. The van der Waals surface area contributed by atoms with Gasteiger partial charge in [0.2, 0.25) is 5.95 Å². The lowest BCUT2D eigenvalue weighted by Gasteiger charge is -2.32. The first-order chi connectivity index (χ1) is 18.1. The van der Waals surface area contributed by atoms with Crippen molar-refractivity contribution in [1.29, 1.82) is 0 Å². The van der Waals surface area contributed by atoms with E-state index in [1.807, 2.05) is 30.3 Å². The van der Waals surface area contributed by atoms with Gasteiger partial charge in [0.15, 0.2) is 5.82 Å². The Bertz CT molecular complexity index is 1520. The number of imidazole rings is 1. The van der Waals surface area contributed by atoms with Crippen molar-refractivity contribution in [1.82, 2.24) is 29.4 Å². The average Bonchev–Trinajstić information content (AvgIpc) is 3.46. The highest BCUT2D eigenvalue weighted by Gasteiger charge is 2.21. The third-order valence-electron chi connectivity index (χ3n) is 6.73. The number of para-hydroxylation sites is 2. The summed E-state index contributed by atoms with van der Waals surface area (Å²) in [7, 11) is 0. The molecule has 1 aliphatic rings. The average molecular weight is 571 g/mol. The topological polar surface area (TPSA) is 83.8 Å². The minimum absolute atomic E-state index is 0. The Labute approximate surface area is 235 Å². The molecular weight excluding hydrogens is 543 g/mol. The highest BCUT2D eigenvalue weighted by Crippen LogP contribution is 2.27. The molecule has 0 radical (unpaired) electrons. The summed E-state index contributed by atoms with van der Waals surface area (Å²) in [5, 5.41) is 7.11. The number of fused-ring (bicyclic) bond motifs is 2. The van der Waals surface area contributed by atoms with Gasteiger partial charge < -0.3 is 20.1 Å². The lowest BCUT2D eigenvalue weighted by molar-refractivity contribution is 0.226. The summed E-state index contributed by atoms with van der Waals surface area (Å²) < 4.78 is 16.3. The van der Waals surface area contributed by atoms with Crippen LogP contribution in [0.3, 0.4) is 0 Å². The summed E-state index contributed by atoms with van der Waals surface area (Å²) in [5.41, 5.74) is 3.85. The molecule has 3 aromatic heterocycles. The largest absolute Gasteiger partial charge is 0.367 e. The van der Waals surface area contributed by atoms with Gasteiger partial charge >= 0.3 is 0 Å². The van der Waals surface area contributed by atoms with E-state index in [9.17, 15) is 4.39 Å². The smallest absolute Gasteiger partial charge is 0.204 e. The molecule has 2 N–H and O–H groups in total. The standard InChI is InChI=1S/C26H27FN8S2.ClH/c27-18-7-5-17(6-8-18)15-35-21-4-2-1-3-20(21)32-25(35)31-19-9-12-34(13-10-19)14-11-28-23-22-24(30-16-29-23)37-26(36)33-22;/h1-8,16,19H,9-15H2,(H,31,32)(H,33,36)(H,28,29,30);1H. The normalized spacial score (nSPS) is 14.6. The zero-order chi connectivity index (χ0) is 25.2. The highest BCUT2D eigenvalue weighted by atomic mass is 35.5. The summed E-state index contributed by atoms with van der Waals surface area (Å²) in [5.74, 6) is 1.41. The van der Waals surface area contributed by atoms with Gasteiger partial charge in [-0.05, 0) is 42.7 Å². The number of aromatic nitrogens is 5. The number of halogens is 2. The predicted octanol–water partition coefficient (Wildman–Crippen LogP) is 5.32. The van der Waals surface area contributed by atoms with Crippen LogP contribution in [0.4, 0.5) is 16.2 Å². The van der Waals surface area contributed by atoms with Crippen molar-refractivity contribution >= 4 is 69.5 Å². The molecule has 1 fully saturated rings. The second-order valence-electron chi connectivity index (χ2n) is 9.20. The van der Waals surface area contributed by atoms with E-state index in [2.05, 4.69) is 53.7 Å². The minimum atomic E-state index is -0.222. The first kappa shape index (κ1) is 26.6. The summed E-state index contributed by atoms with van der Waals surface area (Å²) >= 11 is 5.79. The van der Waals surface area contributed by atoms with E-state index in [-0.39, 0.29) is 18.2 Å². The monoisotopic (exact) mass is 570 g/mol. The molecular formula is C26H28ClFN8S2. The van der Waals surface area contributed by atoms with Gasteiger partial charge in [0.1, 0.15) is 26.8 Å². The van der Waals surface area contributed by atoms with Crippen molar-refractivity contribution in [3.8, 4) is 0 Å². The van der Waals surface area contributed by atoms with Gasteiger partial charge in [-0.1, -0.05) is 35.6 Å². The molecule has 5 aromatic rings. The van der Waals surface area contributed by atoms with Crippen molar-refractivity contribution in [2.75, 3.05) is 36.8 Å². The molecule has 4 heterocycles. The van der Waals surface area contributed by atoms with Gasteiger partial charge in [0.25, 0.3) is 0 Å². The molecule has 0 atom stereocenters. The van der Waals surface area contributed by atoms with E-state index in [1.165, 1.54) is 23.5 Å². The van der Waals surface area contributed by atoms with Gasteiger partial charge in [-0.25, -0.2) is 24.3 Å². The first-order valence-corrected chi connectivity index (χ1v) is 13.6. The van der Waals surface area contributed by atoms with E-state index < -0.39 is 0 Å². The maximum Gasteiger partial charge on any atom is 0.204 e. The molecule has 2 aromatic carbocycles. The molecule has 0 spiro atoms. The highest BCUT2D eigenvalue weighted by molar-refractivity contribution is 7.82.